The van der Waals surface area contributed by atoms with Crippen LogP contribution in [0.2, 0.25) is 0 Å². The average molecular weight is 240 g/mol. The zero-order chi connectivity index (χ0) is 12.5. The molecule has 3 nitrogen and oxygen atoms in total. The first-order valence-corrected chi connectivity index (χ1v) is 7.08. The summed E-state index contributed by atoms with van der Waals surface area (Å²) in [7, 11) is 0. The summed E-state index contributed by atoms with van der Waals surface area (Å²) in [5.41, 5.74) is 6.39. The minimum absolute atomic E-state index is 0.388. The number of hydrogen-bond donors (Lipinski definition) is 1. The van der Waals surface area contributed by atoms with Gasteiger partial charge in [-0.3, -0.25) is 4.90 Å². The predicted octanol–water partition coefficient (Wildman–Crippen LogP) is 1.86. The van der Waals surface area contributed by atoms with Gasteiger partial charge in [0, 0.05) is 25.7 Å². The number of hydrogen-bond acceptors (Lipinski definition) is 3. The second-order valence-electron chi connectivity index (χ2n) is 6.70. The average Bonchev–Trinajstić information content (AvgIpc) is 2.87. The van der Waals surface area contributed by atoms with Crippen LogP contribution in [0.5, 0.6) is 0 Å². The van der Waals surface area contributed by atoms with Crippen molar-refractivity contribution in [2.24, 2.45) is 17.1 Å². The number of ether oxygens (including phenoxy) is 1. The van der Waals surface area contributed by atoms with Gasteiger partial charge in [0.2, 0.25) is 0 Å². The van der Waals surface area contributed by atoms with E-state index in [0.717, 1.165) is 19.1 Å². The van der Waals surface area contributed by atoms with Gasteiger partial charge in [-0.25, -0.2) is 0 Å². The molecule has 2 aliphatic heterocycles. The van der Waals surface area contributed by atoms with Crippen LogP contribution in [0.4, 0.5) is 0 Å². The largest absolute Gasteiger partial charge is 0.377 e. The van der Waals surface area contributed by atoms with E-state index in [1.54, 1.807) is 0 Å². The molecule has 2 aliphatic rings. The lowest BCUT2D eigenvalue weighted by molar-refractivity contribution is 0.0329. The fourth-order valence-electron chi connectivity index (χ4n) is 3.24. The van der Waals surface area contributed by atoms with Gasteiger partial charge in [-0.2, -0.15) is 0 Å². The van der Waals surface area contributed by atoms with Gasteiger partial charge in [-0.15, -0.1) is 0 Å². The van der Waals surface area contributed by atoms with Gasteiger partial charge in [-0.05, 0) is 37.1 Å². The van der Waals surface area contributed by atoms with Crippen LogP contribution >= 0.6 is 0 Å². The molecule has 17 heavy (non-hydrogen) atoms. The van der Waals surface area contributed by atoms with Crippen LogP contribution in [0.15, 0.2) is 0 Å². The van der Waals surface area contributed by atoms with E-state index in [-0.39, 0.29) is 0 Å². The number of nitrogens with two attached hydrogens (primary N) is 1. The van der Waals surface area contributed by atoms with Crippen molar-refractivity contribution in [3.8, 4) is 0 Å². The molecule has 2 N–H and O–H groups in total. The summed E-state index contributed by atoms with van der Waals surface area (Å²) in [5, 5.41) is 0. The molecule has 0 bridgehead atoms. The van der Waals surface area contributed by atoms with Crippen LogP contribution < -0.4 is 5.73 Å². The maximum absolute atomic E-state index is 5.97. The van der Waals surface area contributed by atoms with Gasteiger partial charge >= 0.3 is 0 Å². The molecular formula is C14H28N2O. The van der Waals surface area contributed by atoms with E-state index in [4.69, 9.17) is 10.5 Å². The molecule has 0 aromatic carbocycles. The zero-order valence-electron chi connectivity index (χ0n) is 11.6. The standard InChI is InChI=1S/C14H28N2O/c1-14(2,3)11-6-7-16(10-11)12(9-15)13-5-4-8-17-13/h11-13H,4-10,15H2,1-3H3. The molecule has 0 spiro atoms. The first-order valence-electron chi connectivity index (χ1n) is 7.08. The van der Waals surface area contributed by atoms with Gasteiger partial charge in [0.15, 0.2) is 0 Å². The Morgan fingerprint density at radius 1 is 1.35 bits per heavy atom. The first-order chi connectivity index (χ1) is 8.02. The number of nitrogens with zero attached hydrogens (tertiary/aromatic N) is 1. The van der Waals surface area contributed by atoms with Crippen molar-refractivity contribution < 1.29 is 4.74 Å². The van der Waals surface area contributed by atoms with E-state index < -0.39 is 0 Å². The summed E-state index contributed by atoms with van der Waals surface area (Å²) in [5.74, 6) is 0.804. The lowest BCUT2D eigenvalue weighted by Crippen LogP contribution is -2.47. The number of rotatable bonds is 3. The summed E-state index contributed by atoms with van der Waals surface area (Å²) in [6, 6.07) is 0.449. The maximum Gasteiger partial charge on any atom is 0.0743 e. The second kappa shape index (κ2) is 5.25. The highest BCUT2D eigenvalue weighted by Crippen LogP contribution is 2.35. The monoisotopic (exact) mass is 240 g/mol. The predicted molar refractivity (Wildman–Crippen MR) is 71.0 cm³/mol. The number of likely N-dealkylation sites (tertiary alicyclic amines) is 1. The fourth-order valence-corrected chi connectivity index (χ4v) is 3.24. The van der Waals surface area contributed by atoms with Crippen LogP contribution in [-0.4, -0.2) is 43.3 Å². The van der Waals surface area contributed by atoms with Crippen LogP contribution in [-0.2, 0) is 4.74 Å². The molecule has 0 amide bonds. The Balaban J connectivity index is 1.93. The molecule has 3 heteroatoms. The molecule has 0 aromatic heterocycles. The highest BCUT2D eigenvalue weighted by molar-refractivity contribution is 4.91. The maximum atomic E-state index is 5.97. The Kier molecular flexibility index (Phi) is 4.11. The Morgan fingerprint density at radius 2 is 2.12 bits per heavy atom. The van der Waals surface area contributed by atoms with Crippen molar-refractivity contribution in [3.05, 3.63) is 0 Å². The second-order valence-corrected chi connectivity index (χ2v) is 6.70. The lowest BCUT2D eigenvalue weighted by Gasteiger charge is -2.33. The van der Waals surface area contributed by atoms with Crippen molar-refractivity contribution in [1.29, 1.82) is 0 Å². The highest BCUT2D eigenvalue weighted by Gasteiger charge is 2.37. The Hall–Kier alpha value is -0.120. The molecule has 2 heterocycles. The van der Waals surface area contributed by atoms with Gasteiger partial charge in [0.25, 0.3) is 0 Å². The molecule has 0 radical (unpaired) electrons. The van der Waals surface area contributed by atoms with E-state index in [1.165, 1.54) is 32.4 Å². The third kappa shape index (κ3) is 3.01. The molecule has 2 rings (SSSR count). The van der Waals surface area contributed by atoms with Crippen LogP contribution in [0.3, 0.4) is 0 Å². The van der Waals surface area contributed by atoms with E-state index >= 15 is 0 Å². The summed E-state index contributed by atoms with van der Waals surface area (Å²) in [4.78, 5) is 2.58. The smallest absolute Gasteiger partial charge is 0.0743 e. The van der Waals surface area contributed by atoms with Crippen molar-refractivity contribution in [1.82, 2.24) is 4.90 Å². The molecule has 3 atom stereocenters. The SMILES string of the molecule is CC(C)(C)C1CCN(C(CN)C2CCCO2)C1. The molecule has 0 aromatic rings. The van der Waals surface area contributed by atoms with E-state index in [0.29, 0.717) is 17.6 Å². The van der Waals surface area contributed by atoms with Crippen LogP contribution in [0, 0.1) is 11.3 Å². The minimum Gasteiger partial charge on any atom is -0.377 e. The van der Waals surface area contributed by atoms with Crippen molar-refractivity contribution in [2.45, 2.75) is 52.2 Å². The van der Waals surface area contributed by atoms with Crippen LogP contribution in [0.25, 0.3) is 0 Å². The Labute approximate surface area is 106 Å². The molecule has 3 unspecified atom stereocenters. The third-order valence-corrected chi connectivity index (χ3v) is 4.55. The molecule has 0 saturated carbocycles. The first kappa shape index (κ1) is 13.3. The summed E-state index contributed by atoms with van der Waals surface area (Å²) >= 11 is 0. The Morgan fingerprint density at radius 3 is 2.59 bits per heavy atom. The van der Waals surface area contributed by atoms with Crippen LogP contribution in [0.1, 0.15) is 40.0 Å². The third-order valence-electron chi connectivity index (χ3n) is 4.55. The van der Waals surface area contributed by atoms with E-state index in [2.05, 4.69) is 25.7 Å². The van der Waals surface area contributed by atoms with Crippen molar-refractivity contribution >= 4 is 0 Å². The minimum atomic E-state index is 0.388. The molecule has 100 valence electrons. The van der Waals surface area contributed by atoms with Gasteiger partial charge in [-0.1, -0.05) is 20.8 Å². The molecule has 2 saturated heterocycles. The summed E-state index contributed by atoms with van der Waals surface area (Å²) in [6.07, 6.45) is 4.10. The zero-order valence-corrected chi connectivity index (χ0v) is 11.6. The van der Waals surface area contributed by atoms with Crippen molar-refractivity contribution in [3.63, 3.8) is 0 Å². The van der Waals surface area contributed by atoms with Gasteiger partial charge in [0.1, 0.15) is 0 Å². The summed E-state index contributed by atoms with van der Waals surface area (Å²) < 4.78 is 5.82. The summed E-state index contributed by atoms with van der Waals surface area (Å²) in [6.45, 7) is 11.1. The van der Waals surface area contributed by atoms with E-state index in [1.807, 2.05) is 0 Å². The quantitative estimate of drug-likeness (QED) is 0.818. The topological polar surface area (TPSA) is 38.5 Å². The van der Waals surface area contributed by atoms with Gasteiger partial charge in [0.05, 0.1) is 6.10 Å². The Bertz CT molecular complexity index is 243. The normalized spacial score (nSPS) is 33.2. The van der Waals surface area contributed by atoms with Crippen molar-refractivity contribution in [2.75, 3.05) is 26.2 Å². The highest BCUT2D eigenvalue weighted by atomic mass is 16.5. The van der Waals surface area contributed by atoms with E-state index in [9.17, 15) is 0 Å². The lowest BCUT2D eigenvalue weighted by atomic mass is 9.80. The fraction of sp³-hybridized carbons (Fsp3) is 1.00. The molecule has 0 aliphatic carbocycles. The molecular weight excluding hydrogens is 212 g/mol. The van der Waals surface area contributed by atoms with Gasteiger partial charge < -0.3 is 10.5 Å². The molecule has 2 fully saturated rings.